The summed E-state index contributed by atoms with van der Waals surface area (Å²) in [5, 5.41) is 0. The van der Waals surface area contributed by atoms with Gasteiger partial charge < -0.3 is 4.90 Å². The highest BCUT2D eigenvalue weighted by Crippen LogP contribution is 2.37. The Labute approximate surface area is 116 Å². The second kappa shape index (κ2) is 5.11. The minimum absolute atomic E-state index is 0.456. The van der Waals surface area contributed by atoms with Gasteiger partial charge in [0.15, 0.2) is 0 Å². The van der Waals surface area contributed by atoms with Crippen molar-refractivity contribution in [3.63, 3.8) is 0 Å². The monoisotopic (exact) mass is 302 g/mol. The third-order valence-electron chi connectivity index (χ3n) is 3.45. The lowest BCUT2D eigenvalue weighted by Gasteiger charge is -2.26. The van der Waals surface area contributed by atoms with Gasteiger partial charge in [0.1, 0.15) is 5.82 Å². The van der Waals surface area contributed by atoms with Gasteiger partial charge in [0, 0.05) is 12.7 Å². The maximum atomic E-state index is 4.52. The van der Waals surface area contributed by atoms with Crippen LogP contribution in [0.1, 0.15) is 24.4 Å². The van der Waals surface area contributed by atoms with Crippen LogP contribution >= 0.6 is 15.9 Å². The van der Waals surface area contributed by atoms with E-state index in [4.69, 9.17) is 0 Å². The second-order valence-corrected chi connectivity index (χ2v) is 5.43. The molecule has 0 N–H and O–H groups in total. The SMILES string of the molecule is Brc1cccnc1N1CCCC1c1ccccc1. The van der Waals surface area contributed by atoms with Crippen LogP contribution in [0, 0.1) is 0 Å². The Morgan fingerprint density at radius 1 is 1.11 bits per heavy atom. The smallest absolute Gasteiger partial charge is 0.143 e. The average Bonchev–Trinajstić information content (AvgIpc) is 2.89. The van der Waals surface area contributed by atoms with Gasteiger partial charge in [-0.25, -0.2) is 4.98 Å². The number of hydrogen-bond donors (Lipinski definition) is 0. The molecule has 92 valence electrons. The number of nitrogens with zero attached hydrogens (tertiary/aromatic N) is 2. The van der Waals surface area contributed by atoms with E-state index < -0.39 is 0 Å². The molecule has 1 saturated heterocycles. The van der Waals surface area contributed by atoms with Gasteiger partial charge in [-0.05, 0) is 46.5 Å². The third-order valence-corrected chi connectivity index (χ3v) is 4.07. The molecular weight excluding hydrogens is 288 g/mol. The molecule has 3 heteroatoms. The summed E-state index contributed by atoms with van der Waals surface area (Å²) in [5.74, 6) is 1.06. The lowest BCUT2D eigenvalue weighted by atomic mass is 10.0. The molecule has 0 aliphatic carbocycles. The van der Waals surface area contributed by atoms with E-state index in [9.17, 15) is 0 Å². The first-order valence-electron chi connectivity index (χ1n) is 6.28. The van der Waals surface area contributed by atoms with Gasteiger partial charge in [-0.1, -0.05) is 30.3 Å². The standard InChI is InChI=1S/C15H15BrN2/c16-13-8-4-10-17-15(13)18-11-5-9-14(18)12-6-2-1-3-7-12/h1-4,6-8,10,14H,5,9,11H2. The molecule has 1 atom stereocenters. The van der Waals surface area contributed by atoms with Gasteiger partial charge in [0.25, 0.3) is 0 Å². The highest BCUT2D eigenvalue weighted by Gasteiger charge is 2.27. The molecule has 1 aromatic heterocycles. The molecule has 3 rings (SSSR count). The molecule has 2 aromatic rings. The number of hydrogen-bond acceptors (Lipinski definition) is 2. The molecule has 18 heavy (non-hydrogen) atoms. The van der Waals surface area contributed by atoms with Crippen LogP contribution in [-0.2, 0) is 0 Å². The Balaban J connectivity index is 1.95. The van der Waals surface area contributed by atoms with Crippen molar-refractivity contribution in [3.8, 4) is 0 Å². The van der Waals surface area contributed by atoms with E-state index >= 15 is 0 Å². The zero-order valence-electron chi connectivity index (χ0n) is 10.1. The molecule has 0 saturated carbocycles. The summed E-state index contributed by atoms with van der Waals surface area (Å²) in [5.41, 5.74) is 1.38. The third kappa shape index (κ3) is 2.15. The van der Waals surface area contributed by atoms with Crippen LogP contribution in [0.2, 0.25) is 0 Å². The van der Waals surface area contributed by atoms with Crippen LogP contribution in [-0.4, -0.2) is 11.5 Å². The van der Waals surface area contributed by atoms with Crippen molar-refractivity contribution in [2.24, 2.45) is 0 Å². The first-order valence-corrected chi connectivity index (χ1v) is 7.07. The summed E-state index contributed by atoms with van der Waals surface area (Å²) in [6.07, 6.45) is 4.29. The molecule has 0 spiro atoms. The fourth-order valence-electron chi connectivity index (χ4n) is 2.63. The van der Waals surface area contributed by atoms with Crippen molar-refractivity contribution >= 4 is 21.7 Å². The summed E-state index contributed by atoms with van der Waals surface area (Å²) >= 11 is 3.60. The molecule has 1 aliphatic rings. The lowest BCUT2D eigenvalue weighted by molar-refractivity contribution is 0.710. The number of rotatable bonds is 2. The molecule has 2 heterocycles. The highest BCUT2D eigenvalue weighted by atomic mass is 79.9. The maximum absolute atomic E-state index is 4.52. The zero-order valence-corrected chi connectivity index (χ0v) is 11.7. The molecule has 0 radical (unpaired) electrons. The normalized spacial score (nSPS) is 19.2. The summed E-state index contributed by atoms with van der Waals surface area (Å²) in [4.78, 5) is 6.92. The van der Waals surface area contributed by atoms with E-state index in [1.165, 1.54) is 18.4 Å². The fraction of sp³-hybridized carbons (Fsp3) is 0.267. The number of anilines is 1. The summed E-state index contributed by atoms with van der Waals surface area (Å²) < 4.78 is 1.08. The van der Waals surface area contributed by atoms with Gasteiger partial charge in [0.2, 0.25) is 0 Å². The lowest BCUT2D eigenvalue weighted by Crippen LogP contribution is -2.23. The molecule has 0 bridgehead atoms. The largest absolute Gasteiger partial charge is 0.349 e. The fourth-order valence-corrected chi connectivity index (χ4v) is 3.11. The van der Waals surface area contributed by atoms with Crippen LogP contribution in [0.3, 0.4) is 0 Å². The number of pyridine rings is 1. The van der Waals surface area contributed by atoms with Crippen molar-refractivity contribution in [2.75, 3.05) is 11.4 Å². The van der Waals surface area contributed by atoms with E-state index in [2.05, 4.69) is 62.2 Å². The highest BCUT2D eigenvalue weighted by molar-refractivity contribution is 9.10. The van der Waals surface area contributed by atoms with Crippen molar-refractivity contribution in [1.82, 2.24) is 4.98 Å². The summed E-state index contributed by atoms with van der Waals surface area (Å²) in [6, 6.07) is 15.2. The van der Waals surface area contributed by atoms with Crippen LogP contribution in [0.5, 0.6) is 0 Å². The van der Waals surface area contributed by atoms with E-state index in [1.54, 1.807) is 0 Å². The number of aromatic nitrogens is 1. The summed E-state index contributed by atoms with van der Waals surface area (Å²) in [7, 11) is 0. The van der Waals surface area contributed by atoms with Gasteiger partial charge in [-0.2, -0.15) is 0 Å². The Bertz CT molecular complexity index is 527. The topological polar surface area (TPSA) is 16.1 Å². The minimum Gasteiger partial charge on any atom is -0.349 e. The van der Waals surface area contributed by atoms with E-state index in [0.717, 1.165) is 16.8 Å². The van der Waals surface area contributed by atoms with Gasteiger partial charge in [-0.3, -0.25) is 0 Å². The van der Waals surface area contributed by atoms with Crippen molar-refractivity contribution in [2.45, 2.75) is 18.9 Å². The van der Waals surface area contributed by atoms with Crippen molar-refractivity contribution in [3.05, 3.63) is 58.7 Å². The molecule has 1 fully saturated rings. The Hall–Kier alpha value is -1.35. The molecule has 1 aromatic carbocycles. The maximum Gasteiger partial charge on any atom is 0.143 e. The second-order valence-electron chi connectivity index (χ2n) is 4.57. The van der Waals surface area contributed by atoms with Crippen LogP contribution in [0.4, 0.5) is 5.82 Å². The van der Waals surface area contributed by atoms with E-state index in [1.807, 2.05) is 12.3 Å². The number of benzene rings is 1. The molecule has 0 amide bonds. The summed E-state index contributed by atoms with van der Waals surface area (Å²) in [6.45, 7) is 1.08. The number of halogens is 1. The van der Waals surface area contributed by atoms with E-state index in [-0.39, 0.29) is 0 Å². The minimum atomic E-state index is 0.456. The zero-order chi connectivity index (χ0) is 12.4. The predicted molar refractivity (Wildman–Crippen MR) is 77.7 cm³/mol. The van der Waals surface area contributed by atoms with Gasteiger partial charge >= 0.3 is 0 Å². The molecular formula is C15H15BrN2. The van der Waals surface area contributed by atoms with Gasteiger partial charge in [0.05, 0.1) is 10.5 Å². The van der Waals surface area contributed by atoms with Crippen LogP contribution < -0.4 is 4.90 Å². The Morgan fingerprint density at radius 3 is 2.72 bits per heavy atom. The Morgan fingerprint density at radius 2 is 1.94 bits per heavy atom. The molecule has 1 unspecified atom stereocenters. The predicted octanol–water partition coefficient (Wildman–Crippen LogP) is 4.19. The first-order chi connectivity index (χ1) is 8.86. The average molecular weight is 303 g/mol. The van der Waals surface area contributed by atoms with E-state index in [0.29, 0.717) is 6.04 Å². The molecule has 2 nitrogen and oxygen atoms in total. The van der Waals surface area contributed by atoms with Gasteiger partial charge in [-0.15, -0.1) is 0 Å². The van der Waals surface area contributed by atoms with Crippen LogP contribution in [0.25, 0.3) is 0 Å². The van der Waals surface area contributed by atoms with Crippen molar-refractivity contribution in [1.29, 1.82) is 0 Å². The first kappa shape index (κ1) is 11.7. The van der Waals surface area contributed by atoms with Crippen molar-refractivity contribution < 1.29 is 0 Å². The Kier molecular flexibility index (Phi) is 3.33. The molecule has 1 aliphatic heterocycles. The van der Waals surface area contributed by atoms with Crippen LogP contribution in [0.15, 0.2) is 53.1 Å². The quantitative estimate of drug-likeness (QED) is 0.827.